The van der Waals surface area contributed by atoms with Gasteiger partial charge >= 0.3 is 0 Å². The Kier molecular flexibility index (Phi) is 8.72. The van der Waals surface area contributed by atoms with Crippen molar-refractivity contribution in [1.29, 1.82) is 0 Å². The average Bonchev–Trinajstić information content (AvgIpc) is 3.69. The third-order valence-electron chi connectivity index (χ3n) is 12.8. The third-order valence-corrected chi connectivity index (χ3v) is 12.8. The van der Waals surface area contributed by atoms with E-state index in [0.717, 1.165) is 27.8 Å². The van der Waals surface area contributed by atoms with Crippen molar-refractivity contribution in [3.8, 4) is 67.5 Å². The maximum Gasteiger partial charge on any atom is 0.164 e. The summed E-state index contributed by atoms with van der Waals surface area (Å²) in [6.45, 7) is 0. The van der Waals surface area contributed by atoms with E-state index in [2.05, 4.69) is 212 Å². The minimum atomic E-state index is -0.585. The summed E-state index contributed by atoms with van der Waals surface area (Å²) in [5, 5.41) is 5.07. The highest BCUT2D eigenvalue weighted by atomic mass is 15.0. The highest BCUT2D eigenvalue weighted by Crippen LogP contribution is 2.60. The number of hydrogen-bond acceptors (Lipinski definition) is 3. The van der Waals surface area contributed by atoms with E-state index in [0.29, 0.717) is 17.5 Å². The summed E-state index contributed by atoms with van der Waals surface area (Å²) in [7, 11) is 0. The number of nitrogens with zero attached hydrogens (tertiary/aromatic N) is 3. The van der Waals surface area contributed by atoms with Crippen molar-refractivity contribution in [3.05, 3.63) is 259 Å². The fourth-order valence-corrected chi connectivity index (χ4v) is 9.95. The second kappa shape index (κ2) is 15.0. The van der Waals surface area contributed by atoms with Crippen molar-refractivity contribution in [2.75, 3.05) is 0 Å². The van der Waals surface area contributed by atoms with Crippen molar-refractivity contribution >= 4 is 21.5 Å². The first-order valence-corrected chi connectivity index (χ1v) is 21.5. The van der Waals surface area contributed by atoms with E-state index in [1.807, 2.05) is 24.3 Å². The molecule has 12 rings (SSSR count). The van der Waals surface area contributed by atoms with Crippen molar-refractivity contribution in [1.82, 2.24) is 15.0 Å². The standard InChI is InChI=1S/C60H39N3/c1-4-16-40(17-5-1)41-28-30-42(31-29-41)43-32-34-45(35-33-43)58-61-57(44-18-6-2-7-19-44)62-59(63-58)46-36-38-48(39-37-46)60(47-20-8-3-9-21-47)54-27-15-14-26-53(54)55-51-24-12-10-22-49(51)50-23-11-13-25-52(50)56(55)60/h1-39H. The number of benzene rings is 10. The average molecular weight is 802 g/mol. The molecule has 0 amide bonds. The van der Waals surface area contributed by atoms with Gasteiger partial charge in [-0.25, -0.2) is 15.0 Å². The monoisotopic (exact) mass is 801 g/mol. The van der Waals surface area contributed by atoms with Crippen LogP contribution < -0.4 is 0 Å². The molecule has 0 aliphatic heterocycles. The zero-order chi connectivity index (χ0) is 41.7. The van der Waals surface area contributed by atoms with Crippen molar-refractivity contribution in [2.24, 2.45) is 0 Å². The van der Waals surface area contributed by atoms with Gasteiger partial charge in [-0.2, -0.15) is 0 Å². The van der Waals surface area contributed by atoms with Crippen molar-refractivity contribution in [2.45, 2.75) is 5.41 Å². The second-order valence-electron chi connectivity index (χ2n) is 16.3. The molecule has 0 fully saturated rings. The van der Waals surface area contributed by atoms with Gasteiger partial charge in [0.1, 0.15) is 0 Å². The molecule has 0 saturated carbocycles. The Morgan fingerprint density at radius 1 is 0.254 bits per heavy atom. The van der Waals surface area contributed by atoms with Gasteiger partial charge in [0, 0.05) is 16.7 Å². The molecule has 3 heteroatoms. The van der Waals surface area contributed by atoms with E-state index in [1.54, 1.807) is 0 Å². The highest BCUT2D eigenvalue weighted by Gasteiger charge is 2.48. The summed E-state index contributed by atoms with van der Waals surface area (Å²) in [6.07, 6.45) is 0. The summed E-state index contributed by atoms with van der Waals surface area (Å²) in [4.78, 5) is 15.4. The van der Waals surface area contributed by atoms with Crippen LogP contribution >= 0.6 is 0 Å². The van der Waals surface area contributed by atoms with Crippen LogP contribution in [0.15, 0.2) is 237 Å². The van der Waals surface area contributed by atoms with E-state index in [4.69, 9.17) is 15.0 Å². The highest BCUT2D eigenvalue weighted by molar-refractivity contribution is 6.19. The molecule has 3 nitrogen and oxygen atoms in total. The minimum Gasteiger partial charge on any atom is -0.208 e. The largest absolute Gasteiger partial charge is 0.208 e. The molecule has 1 atom stereocenters. The first-order valence-electron chi connectivity index (χ1n) is 21.5. The summed E-state index contributed by atoms with van der Waals surface area (Å²) in [5.41, 5.74) is 14.5. The molecule has 0 saturated heterocycles. The Balaban J connectivity index is 0.993. The van der Waals surface area contributed by atoms with Gasteiger partial charge in [0.15, 0.2) is 17.5 Å². The Morgan fingerprint density at radius 3 is 1.16 bits per heavy atom. The molecule has 1 heterocycles. The Labute approximate surface area is 366 Å². The molecule has 63 heavy (non-hydrogen) atoms. The summed E-state index contributed by atoms with van der Waals surface area (Å²) in [5.74, 6) is 1.90. The number of hydrogen-bond donors (Lipinski definition) is 0. The van der Waals surface area contributed by atoms with Gasteiger partial charge in [-0.15, -0.1) is 0 Å². The Bertz CT molecular complexity index is 3460. The topological polar surface area (TPSA) is 38.7 Å². The predicted octanol–water partition coefficient (Wildman–Crippen LogP) is 14.9. The van der Waals surface area contributed by atoms with E-state index in [9.17, 15) is 0 Å². The van der Waals surface area contributed by atoms with E-state index in [-0.39, 0.29) is 0 Å². The normalized spacial score (nSPS) is 14.1. The smallest absolute Gasteiger partial charge is 0.164 e. The third kappa shape index (κ3) is 6.01. The molecule has 294 valence electrons. The van der Waals surface area contributed by atoms with Gasteiger partial charge in [-0.3, -0.25) is 0 Å². The molecule has 1 unspecified atom stereocenters. The van der Waals surface area contributed by atoms with Crippen LogP contribution in [-0.2, 0) is 5.41 Å². The van der Waals surface area contributed by atoms with Gasteiger partial charge in [0.05, 0.1) is 5.41 Å². The van der Waals surface area contributed by atoms with Gasteiger partial charge in [-0.1, -0.05) is 237 Å². The number of fused-ring (bicyclic) bond motifs is 8. The van der Waals surface area contributed by atoms with Crippen LogP contribution in [0.4, 0.5) is 0 Å². The fourth-order valence-electron chi connectivity index (χ4n) is 9.95. The summed E-state index contributed by atoms with van der Waals surface area (Å²) in [6, 6.07) is 84.8. The van der Waals surface area contributed by atoms with Crippen LogP contribution in [0.2, 0.25) is 0 Å². The zero-order valence-corrected chi connectivity index (χ0v) is 34.4. The lowest BCUT2D eigenvalue weighted by Crippen LogP contribution is -2.28. The Morgan fingerprint density at radius 2 is 0.603 bits per heavy atom. The number of rotatable bonds is 7. The molecule has 1 aliphatic rings. The summed E-state index contributed by atoms with van der Waals surface area (Å²) >= 11 is 0. The molecule has 0 N–H and O–H groups in total. The van der Waals surface area contributed by atoms with Gasteiger partial charge in [0.25, 0.3) is 0 Å². The molecular formula is C60H39N3. The van der Waals surface area contributed by atoms with Crippen LogP contribution in [0, 0.1) is 0 Å². The minimum absolute atomic E-state index is 0.585. The fraction of sp³-hybridized carbons (Fsp3) is 0.0167. The van der Waals surface area contributed by atoms with E-state index >= 15 is 0 Å². The van der Waals surface area contributed by atoms with Crippen LogP contribution in [0.5, 0.6) is 0 Å². The summed E-state index contributed by atoms with van der Waals surface area (Å²) < 4.78 is 0. The van der Waals surface area contributed by atoms with Gasteiger partial charge in [-0.05, 0) is 77.2 Å². The van der Waals surface area contributed by atoms with E-state index in [1.165, 1.54) is 66.1 Å². The molecule has 1 aliphatic carbocycles. The molecule has 0 spiro atoms. The number of aromatic nitrogens is 3. The van der Waals surface area contributed by atoms with E-state index < -0.39 is 5.41 Å². The molecule has 11 aromatic rings. The molecule has 10 aromatic carbocycles. The van der Waals surface area contributed by atoms with Crippen LogP contribution in [0.25, 0.3) is 89.1 Å². The van der Waals surface area contributed by atoms with Gasteiger partial charge in [0.2, 0.25) is 0 Å². The predicted molar refractivity (Wildman–Crippen MR) is 259 cm³/mol. The van der Waals surface area contributed by atoms with Crippen molar-refractivity contribution in [3.63, 3.8) is 0 Å². The van der Waals surface area contributed by atoms with Gasteiger partial charge < -0.3 is 0 Å². The zero-order valence-electron chi connectivity index (χ0n) is 34.4. The maximum absolute atomic E-state index is 5.17. The first-order chi connectivity index (χ1) is 31.2. The maximum atomic E-state index is 5.17. The van der Waals surface area contributed by atoms with Crippen LogP contribution in [0.1, 0.15) is 22.3 Å². The lowest BCUT2D eigenvalue weighted by Gasteiger charge is -2.35. The quantitative estimate of drug-likeness (QED) is 0.151. The molecular weight excluding hydrogens is 763 g/mol. The van der Waals surface area contributed by atoms with Crippen LogP contribution in [0.3, 0.4) is 0 Å². The molecule has 0 radical (unpaired) electrons. The SMILES string of the molecule is c1ccc(-c2ccc(-c3ccc(-c4nc(-c5ccccc5)nc(-c5ccc(C6(c7ccccc7)c7ccccc7-c7c6c6ccccc6c6ccccc76)cc5)n4)cc3)cc2)cc1. The first kappa shape index (κ1) is 36.6. The lowest BCUT2D eigenvalue weighted by atomic mass is 9.66. The molecule has 1 aromatic heterocycles. The lowest BCUT2D eigenvalue weighted by molar-refractivity contribution is 0.776. The molecule has 0 bridgehead atoms. The second-order valence-corrected chi connectivity index (χ2v) is 16.3. The van der Waals surface area contributed by atoms with Crippen molar-refractivity contribution < 1.29 is 0 Å². The van der Waals surface area contributed by atoms with Crippen LogP contribution in [-0.4, -0.2) is 15.0 Å². The Hall–Kier alpha value is -8.27.